The molecule has 0 radical (unpaired) electrons. The lowest BCUT2D eigenvalue weighted by Crippen LogP contribution is -1.87. The summed E-state index contributed by atoms with van der Waals surface area (Å²) in [4.78, 5) is 0. The molecule has 3 aromatic rings. The second-order valence-corrected chi connectivity index (χ2v) is 4.22. The summed E-state index contributed by atoms with van der Waals surface area (Å²) in [5.41, 5.74) is 1.39. The average molecular weight is 280 g/mol. The molecule has 0 atom stereocenters. The Kier molecular flexibility index (Phi) is 3.31. The lowest BCUT2D eigenvalue weighted by atomic mass is 10.1. The Morgan fingerprint density at radius 1 is 1.05 bits per heavy atom. The fourth-order valence-corrected chi connectivity index (χ4v) is 1.86. The summed E-state index contributed by atoms with van der Waals surface area (Å²) < 4.78 is 18.5. The van der Waals surface area contributed by atoms with Crippen molar-refractivity contribution in [1.82, 2.24) is 15.4 Å². The Balaban J connectivity index is 1.90. The number of halogens is 1. The maximum absolute atomic E-state index is 12.9. The lowest BCUT2D eigenvalue weighted by Gasteiger charge is -2.06. The molecule has 2 aromatic carbocycles. The number of ether oxygens (including phenoxy) is 1. The van der Waals surface area contributed by atoms with Gasteiger partial charge in [-0.2, -0.15) is 15.6 Å². The number of aromatic amines is 1. The third kappa shape index (κ3) is 2.72. The van der Waals surface area contributed by atoms with E-state index < -0.39 is 0 Å². The summed E-state index contributed by atoms with van der Waals surface area (Å²) in [7, 11) is 0. The molecule has 1 heterocycles. The Labute approximate surface area is 119 Å². The van der Waals surface area contributed by atoms with Gasteiger partial charge in [-0.15, -0.1) is 5.10 Å². The van der Waals surface area contributed by atoms with Crippen molar-refractivity contribution in [2.75, 3.05) is 0 Å². The first-order chi connectivity index (χ1) is 10.3. The second-order valence-electron chi connectivity index (χ2n) is 4.22. The van der Waals surface area contributed by atoms with E-state index in [0.717, 1.165) is 0 Å². The van der Waals surface area contributed by atoms with Gasteiger partial charge in [0.2, 0.25) is 0 Å². The number of aromatic nitrogens is 3. The zero-order valence-electron chi connectivity index (χ0n) is 10.7. The molecule has 0 aliphatic carbocycles. The highest BCUT2D eigenvalue weighted by atomic mass is 19.1. The van der Waals surface area contributed by atoms with E-state index in [1.54, 1.807) is 36.4 Å². The molecule has 5 nitrogen and oxygen atoms in total. The Morgan fingerprint density at radius 3 is 2.62 bits per heavy atom. The number of H-pyrrole nitrogens is 1. The maximum atomic E-state index is 12.9. The summed E-state index contributed by atoms with van der Waals surface area (Å²) in [5.74, 6) is 0.762. The first kappa shape index (κ1) is 12.8. The number of rotatable bonds is 3. The van der Waals surface area contributed by atoms with Crippen molar-refractivity contribution in [3.05, 3.63) is 60.0 Å². The molecular formula is C15H9FN4O. The molecule has 21 heavy (non-hydrogen) atoms. The van der Waals surface area contributed by atoms with Crippen LogP contribution in [-0.4, -0.2) is 15.4 Å². The van der Waals surface area contributed by atoms with Gasteiger partial charge in [-0.25, -0.2) is 4.39 Å². The zero-order chi connectivity index (χ0) is 14.7. The molecule has 0 bridgehead atoms. The number of nitrogens with one attached hydrogen (secondary N) is 1. The molecule has 0 unspecified atom stereocenters. The predicted octanol–water partition coefficient (Wildman–Crippen LogP) is 3.27. The van der Waals surface area contributed by atoms with E-state index in [1.807, 2.05) is 6.07 Å². The molecule has 0 spiro atoms. The van der Waals surface area contributed by atoms with Crippen LogP contribution in [0.5, 0.6) is 11.5 Å². The molecule has 1 N–H and O–H groups in total. The van der Waals surface area contributed by atoms with E-state index in [9.17, 15) is 4.39 Å². The van der Waals surface area contributed by atoms with Gasteiger partial charge < -0.3 is 4.74 Å². The highest BCUT2D eigenvalue weighted by Gasteiger charge is 2.10. The Hall–Kier alpha value is -3.20. The normalized spacial score (nSPS) is 10.1. The third-order valence-corrected chi connectivity index (χ3v) is 2.81. The largest absolute Gasteiger partial charge is 0.457 e. The monoisotopic (exact) mass is 280 g/mol. The predicted molar refractivity (Wildman–Crippen MR) is 73.0 cm³/mol. The van der Waals surface area contributed by atoms with Gasteiger partial charge in [0.05, 0.1) is 0 Å². The molecule has 1 aromatic heterocycles. The zero-order valence-corrected chi connectivity index (χ0v) is 10.7. The summed E-state index contributed by atoms with van der Waals surface area (Å²) >= 11 is 0. The van der Waals surface area contributed by atoms with Crippen LogP contribution in [0.25, 0.3) is 11.3 Å². The molecule has 0 saturated carbocycles. The number of hydrogen-bond acceptors (Lipinski definition) is 4. The van der Waals surface area contributed by atoms with E-state index in [2.05, 4.69) is 15.4 Å². The van der Waals surface area contributed by atoms with Crippen molar-refractivity contribution < 1.29 is 9.13 Å². The van der Waals surface area contributed by atoms with E-state index in [-0.39, 0.29) is 11.5 Å². The van der Waals surface area contributed by atoms with Crippen LogP contribution in [0.4, 0.5) is 4.39 Å². The molecule has 0 fully saturated rings. The molecule has 0 amide bonds. The maximum Gasteiger partial charge on any atom is 0.190 e. The minimum absolute atomic E-state index is 0.217. The van der Waals surface area contributed by atoms with E-state index in [0.29, 0.717) is 22.8 Å². The van der Waals surface area contributed by atoms with E-state index in [1.165, 1.54) is 12.1 Å². The second kappa shape index (κ2) is 5.43. The fraction of sp³-hybridized carbons (Fsp3) is 0. The summed E-state index contributed by atoms with van der Waals surface area (Å²) in [6.07, 6.45) is 0. The summed E-state index contributed by atoms with van der Waals surface area (Å²) in [6.45, 7) is 0. The highest BCUT2D eigenvalue weighted by molar-refractivity contribution is 5.65. The first-order valence-corrected chi connectivity index (χ1v) is 6.11. The first-order valence-electron chi connectivity index (χ1n) is 6.11. The summed E-state index contributed by atoms with van der Waals surface area (Å²) in [6, 6.07) is 14.8. The molecule has 102 valence electrons. The van der Waals surface area contributed by atoms with Crippen molar-refractivity contribution in [2.24, 2.45) is 0 Å². The highest BCUT2D eigenvalue weighted by Crippen LogP contribution is 2.27. The van der Waals surface area contributed by atoms with Crippen LogP contribution < -0.4 is 4.74 Å². The average Bonchev–Trinajstić information content (AvgIpc) is 2.98. The van der Waals surface area contributed by atoms with Crippen molar-refractivity contribution in [3.63, 3.8) is 0 Å². The Morgan fingerprint density at radius 2 is 1.86 bits per heavy atom. The molecule has 6 heteroatoms. The standard InChI is InChI=1S/C15H9FN4O/c16-11-4-6-12(7-5-11)21-13-3-1-2-10(8-13)15-14(9-17)18-20-19-15/h1-8H,(H,18,19,20). The van der Waals surface area contributed by atoms with E-state index >= 15 is 0 Å². The van der Waals surface area contributed by atoms with Crippen LogP contribution in [0, 0.1) is 17.1 Å². The minimum Gasteiger partial charge on any atom is -0.457 e. The summed E-state index contributed by atoms with van der Waals surface area (Å²) in [5, 5.41) is 19.1. The number of hydrogen-bond donors (Lipinski definition) is 1. The van der Waals surface area contributed by atoms with Gasteiger partial charge in [0, 0.05) is 5.56 Å². The van der Waals surface area contributed by atoms with Gasteiger partial charge in [-0.3, -0.25) is 0 Å². The van der Waals surface area contributed by atoms with Crippen LogP contribution >= 0.6 is 0 Å². The number of nitrogens with zero attached hydrogens (tertiary/aromatic N) is 3. The van der Waals surface area contributed by atoms with E-state index in [4.69, 9.17) is 10.00 Å². The number of nitriles is 1. The van der Waals surface area contributed by atoms with Gasteiger partial charge in [0.15, 0.2) is 5.69 Å². The van der Waals surface area contributed by atoms with Crippen LogP contribution in [-0.2, 0) is 0 Å². The van der Waals surface area contributed by atoms with Crippen LogP contribution in [0.1, 0.15) is 5.69 Å². The van der Waals surface area contributed by atoms with Gasteiger partial charge in [-0.1, -0.05) is 12.1 Å². The SMILES string of the molecule is N#Cc1n[nH]nc1-c1cccc(Oc2ccc(F)cc2)c1. The quantitative estimate of drug-likeness (QED) is 0.799. The molecule has 0 saturated heterocycles. The van der Waals surface area contributed by atoms with Gasteiger partial charge in [0.1, 0.15) is 29.1 Å². The van der Waals surface area contributed by atoms with Crippen molar-refractivity contribution >= 4 is 0 Å². The lowest BCUT2D eigenvalue weighted by molar-refractivity contribution is 0.481. The molecular weight excluding hydrogens is 271 g/mol. The minimum atomic E-state index is -0.322. The van der Waals surface area contributed by atoms with Crippen LogP contribution in [0.15, 0.2) is 48.5 Å². The van der Waals surface area contributed by atoms with Gasteiger partial charge in [0.25, 0.3) is 0 Å². The molecule has 0 aliphatic rings. The topological polar surface area (TPSA) is 74.6 Å². The van der Waals surface area contributed by atoms with Crippen molar-refractivity contribution in [1.29, 1.82) is 5.26 Å². The van der Waals surface area contributed by atoms with Crippen LogP contribution in [0.3, 0.4) is 0 Å². The Bertz CT molecular complexity index is 805. The molecule has 3 rings (SSSR count). The number of benzene rings is 2. The van der Waals surface area contributed by atoms with Gasteiger partial charge in [-0.05, 0) is 36.4 Å². The third-order valence-electron chi connectivity index (χ3n) is 2.81. The van der Waals surface area contributed by atoms with Crippen molar-refractivity contribution in [2.45, 2.75) is 0 Å². The van der Waals surface area contributed by atoms with Crippen molar-refractivity contribution in [3.8, 4) is 28.8 Å². The smallest absolute Gasteiger partial charge is 0.190 e. The molecule has 0 aliphatic heterocycles. The fourth-order valence-electron chi connectivity index (χ4n) is 1.86. The van der Waals surface area contributed by atoms with Crippen LogP contribution in [0.2, 0.25) is 0 Å². The van der Waals surface area contributed by atoms with Gasteiger partial charge >= 0.3 is 0 Å².